The first-order valence-electron chi connectivity index (χ1n) is 23.4. The van der Waals surface area contributed by atoms with E-state index >= 15 is 0 Å². The Balaban J connectivity index is 1.47. The van der Waals surface area contributed by atoms with E-state index < -0.39 is 84.3 Å². The number of hydrogen-bond acceptors (Lipinski definition) is 13. The van der Waals surface area contributed by atoms with E-state index in [0.717, 1.165) is 34.6 Å². The molecule has 1 aromatic carbocycles. The number of benzene rings is 1. The zero-order chi connectivity index (χ0) is 46.9. The Morgan fingerprint density at radius 3 is 2.28 bits per heavy atom. The highest BCUT2D eigenvalue weighted by molar-refractivity contribution is 7.98. The summed E-state index contributed by atoms with van der Waals surface area (Å²) >= 11 is 1.67. The molecule has 2 saturated heterocycles. The minimum Gasteiger partial charge on any atom is -0.488 e. The van der Waals surface area contributed by atoms with Gasteiger partial charge in [0.05, 0.1) is 24.7 Å². The van der Waals surface area contributed by atoms with Gasteiger partial charge in [-0.1, -0.05) is 45.4 Å². The van der Waals surface area contributed by atoms with Gasteiger partial charge in [-0.05, 0) is 114 Å². The molecule has 14 atom stereocenters. The zero-order valence-corrected chi connectivity index (χ0v) is 40.6. The summed E-state index contributed by atoms with van der Waals surface area (Å²) in [4.78, 5) is 59.6. The number of esters is 1. The molecular weight excluding hydrogens is 839 g/mol. The predicted octanol–water partition coefficient (Wildman–Crippen LogP) is 7.28. The van der Waals surface area contributed by atoms with E-state index in [1.165, 1.54) is 19.1 Å². The van der Waals surface area contributed by atoms with Crippen LogP contribution in [0.1, 0.15) is 112 Å². The number of thioether (sulfide) groups is 1. The van der Waals surface area contributed by atoms with Crippen LogP contribution in [0.5, 0.6) is 5.75 Å². The van der Waals surface area contributed by atoms with Crippen LogP contribution in [0.15, 0.2) is 52.5 Å². The van der Waals surface area contributed by atoms with Crippen LogP contribution in [0.2, 0.25) is 0 Å². The van der Waals surface area contributed by atoms with E-state index in [1.54, 1.807) is 39.6 Å². The summed E-state index contributed by atoms with van der Waals surface area (Å²) in [7, 11) is 4.61. The third-order valence-corrected chi connectivity index (χ3v) is 15.0. The first kappa shape index (κ1) is 51.9. The molecular formula is C50H75NO12S. The van der Waals surface area contributed by atoms with Gasteiger partial charge in [0.2, 0.25) is 5.91 Å². The van der Waals surface area contributed by atoms with Gasteiger partial charge in [-0.3, -0.25) is 14.4 Å². The molecule has 4 aliphatic rings. The van der Waals surface area contributed by atoms with Gasteiger partial charge in [0, 0.05) is 62.9 Å². The smallest absolute Gasteiger partial charge is 0.329 e. The largest absolute Gasteiger partial charge is 0.488 e. The number of aliphatic hydroxyl groups excluding tert-OH is 1. The fraction of sp³-hybridized carbons (Fsp3) is 0.720. The van der Waals surface area contributed by atoms with Crippen molar-refractivity contribution in [2.45, 2.75) is 172 Å². The highest BCUT2D eigenvalue weighted by Crippen LogP contribution is 2.40. The summed E-state index contributed by atoms with van der Waals surface area (Å²) in [5, 5.41) is 24.0. The van der Waals surface area contributed by atoms with Gasteiger partial charge in [0.1, 0.15) is 42.0 Å². The van der Waals surface area contributed by atoms with Gasteiger partial charge in [-0.15, -0.1) is 11.8 Å². The van der Waals surface area contributed by atoms with Crippen molar-refractivity contribution in [1.82, 2.24) is 4.90 Å². The van der Waals surface area contributed by atoms with Gasteiger partial charge < -0.3 is 43.5 Å². The van der Waals surface area contributed by atoms with Crippen LogP contribution in [0.25, 0.3) is 0 Å². The van der Waals surface area contributed by atoms with E-state index in [1.807, 2.05) is 57.4 Å². The molecule has 0 radical (unpaired) electrons. The number of methoxy groups -OCH3 is 3. The number of aliphatic hydroxyl groups is 2. The molecule has 0 spiro atoms. The number of Topliss-reactive ketones (excluding diaryl/α,β-unsaturated/α-hetero) is 2. The van der Waals surface area contributed by atoms with Crippen LogP contribution >= 0.6 is 11.8 Å². The molecule has 0 aromatic heterocycles. The lowest BCUT2D eigenvalue weighted by Gasteiger charge is -2.47. The van der Waals surface area contributed by atoms with E-state index in [4.69, 9.17) is 28.4 Å². The number of cyclic esters (lactones) is 1. The van der Waals surface area contributed by atoms with Crippen LogP contribution < -0.4 is 4.74 Å². The number of fused-ring (bicyclic) bond motifs is 3. The Labute approximate surface area is 385 Å². The predicted molar refractivity (Wildman–Crippen MR) is 245 cm³/mol. The van der Waals surface area contributed by atoms with Gasteiger partial charge >= 0.3 is 5.97 Å². The average molecular weight is 914 g/mol. The number of ketones is 2. The molecule has 5 rings (SSSR count). The number of rotatable bonds is 9. The second-order valence-corrected chi connectivity index (χ2v) is 19.7. The van der Waals surface area contributed by atoms with E-state index in [9.17, 15) is 29.4 Å². The summed E-state index contributed by atoms with van der Waals surface area (Å²) < 4.78 is 36.8. The summed E-state index contributed by atoms with van der Waals surface area (Å²) in [5.41, 5.74) is 1.57. The Morgan fingerprint density at radius 1 is 0.938 bits per heavy atom. The molecule has 13 nitrogen and oxygen atoms in total. The molecule has 2 bridgehead atoms. The van der Waals surface area contributed by atoms with Crippen molar-refractivity contribution >= 4 is 35.2 Å². The molecule has 3 fully saturated rings. The van der Waals surface area contributed by atoms with Gasteiger partial charge in [-0.25, -0.2) is 4.79 Å². The molecule has 14 unspecified atom stereocenters. The molecule has 1 aliphatic carbocycles. The third-order valence-electron chi connectivity index (χ3n) is 14.3. The summed E-state index contributed by atoms with van der Waals surface area (Å²) in [5.74, 6) is -5.00. The molecule has 1 amide bonds. The van der Waals surface area contributed by atoms with Crippen molar-refractivity contribution in [3.8, 4) is 5.75 Å². The number of ether oxygens (including phenoxy) is 6. The first-order chi connectivity index (χ1) is 30.5. The van der Waals surface area contributed by atoms with Crippen molar-refractivity contribution in [3.63, 3.8) is 0 Å². The van der Waals surface area contributed by atoms with E-state index in [0.29, 0.717) is 38.5 Å². The normalized spacial score (nSPS) is 36.9. The lowest BCUT2D eigenvalue weighted by Crippen LogP contribution is -2.61. The van der Waals surface area contributed by atoms with Gasteiger partial charge in [-0.2, -0.15) is 0 Å². The van der Waals surface area contributed by atoms with E-state index in [2.05, 4.69) is 6.08 Å². The first-order valence-corrected chi connectivity index (χ1v) is 24.6. The number of carbonyl (C=O) groups is 4. The third kappa shape index (κ3) is 12.7. The standard InChI is InChI=1S/C50H75NO12S/c1-11-35-23-29(2)22-30(3)45(55)48(60-9)47-43(59-8)25-32(5)50(57,63-47)28-44(54)51-21-13-12-14-38(51)49(56)62-46(33(6)39(52)27-40(35)53)31(4)24-34-15-20-41(42(26-34)58-7)61-36-16-18-37(64-10)19-17-36/h16-19,23-24,30,32-35,38-39,41-43,46-48,52,57H,11-15,20-22,25-28H2,1-10H3. The molecule has 3 heterocycles. The van der Waals surface area contributed by atoms with Crippen LogP contribution in [0.4, 0.5) is 0 Å². The highest BCUT2D eigenvalue weighted by Gasteiger charge is 2.52. The Kier molecular flexibility index (Phi) is 19.1. The highest BCUT2D eigenvalue weighted by atomic mass is 32.2. The van der Waals surface area contributed by atoms with E-state index in [-0.39, 0.29) is 49.1 Å². The van der Waals surface area contributed by atoms with Gasteiger partial charge in [0.25, 0.3) is 0 Å². The monoisotopic (exact) mass is 914 g/mol. The minimum atomic E-state index is -1.99. The topological polar surface area (TPSA) is 167 Å². The van der Waals surface area contributed by atoms with Gasteiger partial charge in [0.15, 0.2) is 11.6 Å². The van der Waals surface area contributed by atoms with Crippen molar-refractivity contribution in [3.05, 3.63) is 47.6 Å². The van der Waals surface area contributed by atoms with Crippen molar-refractivity contribution in [1.29, 1.82) is 0 Å². The summed E-state index contributed by atoms with van der Waals surface area (Å²) in [6, 6.07) is 7.07. The van der Waals surface area contributed by atoms with Crippen LogP contribution in [-0.4, -0.2) is 127 Å². The van der Waals surface area contributed by atoms with Crippen LogP contribution in [-0.2, 0) is 42.9 Å². The minimum absolute atomic E-state index is 0.0514. The number of piperidine rings is 1. The SMILES string of the molecule is CCC1C=C(C)CC(C)C(=O)C(OC)C2OC(O)(CC(=O)N3CCCCC3C(=O)OC(C(C)=CC3CCC(Oc4ccc(SC)cc4)C(OC)C3)C(C)C(O)CC1=O)C(C)CC2OC. The number of allylic oxidation sites excluding steroid dienone is 3. The lowest BCUT2D eigenvalue weighted by atomic mass is 9.81. The summed E-state index contributed by atoms with van der Waals surface area (Å²) in [6.45, 7) is 11.3. The van der Waals surface area contributed by atoms with Crippen molar-refractivity contribution in [2.24, 2.45) is 29.6 Å². The number of carbonyl (C=O) groups excluding carboxylic acids is 4. The number of amides is 1. The molecule has 358 valence electrons. The molecule has 2 N–H and O–H groups in total. The van der Waals surface area contributed by atoms with Crippen molar-refractivity contribution in [2.75, 3.05) is 34.1 Å². The maximum Gasteiger partial charge on any atom is 0.329 e. The fourth-order valence-corrected chi connectivity index (χ4v) is 10.7. The molecule has 14 heteroatoms. The maximum atomic E-state index is 14.5. The summed E-state index contributed by atoms with van der Waals surface area (Å²) in [6.07, 6.45) is 5.19. The zero-order valence-electron chi connectivity index (χ0n) is 39.8. The molecule has 1 aromatic rings. The number of hydrogen-bond donors (Lipinski definition) is 2. The molecule has 3 aliphatic heterocycles. The Hall–Kier alpha value is -3.11. The van der Waals surface area contributed by atoms with Crippen LogP contribution in [0.3, 0.4) is 0 Å². The Bertz CT molecular complexity index is 1800. The quantitative estimate of drug-likeness (QED) is 0.144. The second-order valence-electron chi connectivity index (χ2n) is 18.8. The molecule has 1 saturated carbocycles. The maximum absolute atomic E-state index is 14.5. The average Bonchev–Trinajstić information content (AvgIpc) is 3.28. The van der Waals surface area contributed by atoms with Crippen molar-refractivity contribution < 1.29 is 57.8 Å². The lowest BCUT2D eigenvalue weighted by molar-refractivity contribution is -0.317. The molecule has 64 heavy (non-hydrogen) atoms. The number of nitrogens with zero attached hydrogens (tertiary/aromatic N) is 1. The Morgan fingerprint density at radius 2 is 1.64 bits per heavy atom. The van der Waals surface area contributed by atoms with Crippen LogP contribution in [0, 0.1) is 29.6 Å². The fourth-order valence-electron chi connectivity index (χ4n) is 10.2. The second kappa shape index (κ2) is 23.6.